The van der Waals surface area contributed by atoms with Gasteiger partial charge in [0.1, 0.15) is 9.90 Å². The average Bonchev–Trinajstić information content (AvgIpc) is 2.94. The summed E-state index contributed by atoms with van der Waals surface area (Å²) in [6.07, 6.45) is 4.84. The molecule has 1 heterocycles. The van der Waals surface area contributed by atoms with E-state index in [2.05, 4.69) is 5.32 Å². The Labute approximate surface area is 146 Å². The minimum absolute atomic E-state index is 0.124. The van der Waals surface area contributed by atoms with E-state index in [0.717, 1.165) is 42.5 Å². The Morgan fingerprint density at radius 2 is 1.88 bits per heavy atom. The lowest BCUT2D eigenvalue weighted by Crippen LogP contribution is -2.14. The number of nitrogens with one attached hydrogen (secondary N) is 1. The van der Waals surface area contributed by atoms with E-state index < -0.39 is 9.84 Å². The van der Waals surface area contributed by atoms with Crippen molar-refractivity contribution in [2.75, 3.05) is 5.32 Å². The second kappa shape index (κ2) is 7.07. The molecule has 128 valence electrons. The van der Waals surface area contributed by atoms with Crippen LogP contribution in [0.5, 0.6) is 0 Å². The number of fused-ring (bicyclic) bond motifs is 1. The molecular formula is C18H21NO3S2. The van der Waals surface area contributed by atoms with Gasteiger partial charge in [0.2, 0.25) is 15.7 Å². The highest BCUT2D eigenvalue weighted by Gasteiger charge is 2.31. The topological polar surface area (TPSA) is 63.2 Å². The predicted octanol–water partition coefficient (Wildman–Crippen LogP) is 4.20. The molecule has 0 atom stereocenters. The summed E-state index contributed by atoms with van der Waals surface area (Å²) in [7, 11) is -3.63. The zero-order chi connectivity index (χ0) is 17.2. The number of thiophene rings is 1. The van der Waals surface area contributed by atoms with Gasteiger partial charge < -0.3 is 5.32 Å². The molecule has 0 spiro atoms. The van der Waals surface area contributed by atoms with Crippen LogP contribution in [-0.4, -0.2) is 14.3 Å². The van der Waals surface area contributed by atoms with Gasteiger partial charge in [-0.15, -0.1) is 11.3 Å². The molecule has 0 aliphatic heterocycles. The highest BCUT2D eigenvalue weighted by molar-refractivity contribution is 7.92. The van der Waals surface area contributed by atoms with Crippen molar-refractivity contribution >= 4 is 32.1 Å². The van der Waals surface area contributed by atoms with E-state index in [1.807, 2.05) is 6.92 Å². The monoisotopic (exact) mass is 363 g/mol. The van der Waals surface area contributed by atoms with Crippen molar-refractivity contribution in [1.29, 1.82) is 0 Å². The van der Waals surface area contributed by atoms with Gasteiger partial charge in [-0.3, -0.25) is 4.79 Å². The van der Waals surface area contributed by atoms with Gasteiger partial charge in [0, 0.05) is 11.3 Å². The molecule has 0 unspecified atom stereocenters. The van der Waals surface area contributed by atoms with Crippen LogP contribution < -0.4 is 5.32 Å². The summed E-state index contributed by atoms with van der Waals surface area (Å²) >= 11 is 1.43. The first-order chi connectivity index (χ1) is 11.5. The maximum absolute atomic E-state index is 13.2. The van der Waals surface area contributed by atoms with Crippen LogP contribution in [0.15, 0.2) is 40.1 Å². The van der Waals surface area contributed by atoms with Crippen LogP contribution in [0, 0.1) is 0 Å². The second-order valence-corrected chi connectivity index (χ2v) is 8.98. The minimum Gasteiger partial charge on any atom is -0.317 e. The first-order valence-electron chi connectivity index (χ1n) is 8.28. The number of aryl methyl sites for hydroxylation is 1. The standard InChI is InChI=1S/C18H21NO3S2/c1-2-8-16(20)19-18-17(14-11-6-7-12-15(14)23-18)24(21,22)13-9-4-3-5-10-13/h3-5,9-10H,2,6-8,11-12H2,1H3,(H,19,20). The molecule has 1 aromatic heterocycles. The fourth-order valence-electron chi connectivity index (χ4n) is 3.04. The van der Waals surface area contributed by atoms with Crippen LogP contribution in [0.2, 0.25) is 0 Å². The average molecular weight is 364 g/mol. The molecule has 1 amide bonds. The van der Waals surface area contributed by atoms with Crippen molar-refractivity contribution in [2.24, 2.45) is 0 Å². The molecule has 0 saturated carbocycles. The van der Waals surface area contributed by atoms with E-state index in [4.69, 9.17) is 0 Å². The van der Waals surface area contributed by atoms with Gasteiger partial charge >= 0.3 is 0 Å². The normalized spacial score (nSPS) is 14.2. The third-order valence-corrected chi connectivity index (χ3v) is 7.39. The zero-order valence-corrected chi connectivity index (χ0v) is 15.3. The summed E-state index contributed by atoms with van der Waals surface area (Å²) < 4.78 is 26.4. The summed E-state index contributed by atoms with van der Waals surface area (Å²) in [5.74, 6) is -0.124. The molecule has 1 aliphatic rings. The molecule has 2 aromatic rings. The number of benzene rings is 1. The van der Waals surface area contributed by atoms with Crippen LogP contribution in [-0.2, 0) is 27.5 Å². The van der Waals surface area contributed by atoms with Crippen LogP contribution in [0.1, 0.15) is 43.0 Å². The molecule has 4 nitrogen and oxygen atoms in total. The van der Waals surface area contributed by atoms with Gasteiger partial charge in [0.25, 0.3) is 0 Å². The summed E-state index contributed by atoms with van der Waals surface area (Å²) in [4.78, 5) is 13.7. The predicted molar refractivity (Wildman–Crippen MR) is 96.4 cm³/mol. The Hall–Kier alpha value is -1.66. The smallest absolute Gasteiger partial charge is 0.224 e. The number of carbonyl (C=O) groups excluding carboxylic acids is 1. The number of hydrogen-bond acceptors (Lipinski definition) is 4. The Balaban J connectivity index is 2.11. The SMILES string of the molecule is CCCC(=O)Nc1sc2c(c1S(=O)(=O)c1ccccc1)CCCC2. The first-order valence-corrected chi connectivity index (χ1v) is 10.6. The quantitative estimate of drug-likeness (QED) is 0.866. The number of amides is 1. The lowest BCUT2D eigenvalue weighted by atomic mass is 9.99. The molecule has 6 heteroatoms. The maximum atomic E-state index is 13.2. The number of carbonyl (C=O) groups is 1. The van der Waals surface area contributed by atoms with Gasteiger partial charge in [-0.1, -0.05) is 25.1 Å². The number of sulfone groups is 1. The van der Waals surface area contributed by atoms with Crippen LogP contribution in [0.3, 0.4) is 0 Å². The number of anilines is 1. The van der Waals surface area contributed by atoms with Crippen LogP contribution in [0.25, 0.3) is 0 Å². The maximum Gasteiger partial charge on any atom is 0.224 e. The third-order valence-electron chi connectivity index (χ3n) is 4.18. The van der Waals surface area contributed by atoms with Gasteiger partial charge in [-0.05, 0) is 49.8 Å². The zero-order valence-electron chi connectivity index (χ0n) is 13.7. The lowest BCUT2D eigenvalue weighted by molar-refractivity contribution is -0.116. The van der Waals surface area contributed by atoms with Crippen molar-refractivity contribution in [3.63, 3.8) is 0 Å². The molecular weight excluding hydrogens is 342 g/mol. The molecule has 1 aliphatic carbocycles. The fourth-order valence-corrected chi connectivity index (χ4v) is 6.35. The Bertz CT molecular complexity index is 839. The van der Waals surface area contributed by atoms with Crippen molar-refractivity contribution in [1.82, 2.24) is 0 Å². The lowest BCUT2D eigenvalue weighted by Gasteiger charge is -2.13. The number of rotatable bonds is 5. The van der Waals surface area contributed by atoms with Gasteiger partial charge in [0.15, 0.2) is 0 Å². The Morgan fingerprint density at radius 1 is 1.17 bits per heavy atom. The molecule has 24 heavy (non-hydrogen) atoms. The summed E-state index contributed by atoms with van der Waals surface area (Å²) in [5, 5.41) is 3.33. The number of hydrogen-bond donors (Lipinski definition) is 1. The minimum atomic E-state index is -3.63. The van der Waals surface area contributed by atoms with Crippen molar-refractivity contribution < 1.29 is 13.2 Å². The van der Waals surface area contributed by atoms with E-state index >= 15 is 0 Å². The first kappa shape index (κ1) is 17.2. The largest absolute Gasteiger partial charge is 0.317 e. The Morgan fingerprint density at radius 3 is 2.58 bits per heavy atom. The highest BCUT2D eigenvalue weighted by atomic mass is 32.2. The van der Waals surface area contributed by atoms with E-state index in [0.29, 0.717) is 16.3 Å². The second-order valence-electron chi connectivity index (χ2n) is 5.98. The molecule has 1 N–H and O–H groups in total. The van der Waals surface area contributed by atoms with Crippen molar-refractivity contribution in [3.05, 3.63) is 40.8 Å². The summed E-state index contributed by atoms with van der Waals surface area (Å²) in [6, 6.07) is 8.47. The van der Waals surface area contributed by atoms with Crippen LogP contribution in [0.4, 0.5) is 5.00 Å². The Kier molecular flexibility index (Phi) is 5.06. The van der Waals surface area contributed by atoms with E-state index in [1.54, 1.807) is 30.3 Å². The van der Waals surface area contributed by atoms with Crippen LogP contribution >= 0.6 is 11.3 Å². The fraction of sp³-hybridized carbons (Fsp3) is 0.389. The molecule has 3 rings (SSSR count). The van der Waals surface area contributed by atoms with E-state index in [1.165, 1.54) is 11.3 Å². The van der Waals surface area contributed by atoms with E-state index in [-0.39, 0.29) is 10.8 Å². The van der Waals surface area contributed by atoms with Gasteiger partial charge in [0.05, 0.1) is 4.90 Å². The third kappa shape index (κ3) is 3.26. The highest BCUT2D eigenvalue weighted by Crippen LogP contribution is 2.43. The molecule has 0 radical (unpaired) electrons. The summed E-state index contributed by atoms with van der Waals surface area (Å²) in [6.45, 7) is 1.93. The molecule has 0 fully saturated rings. The van der Waals surface area contributed by atoms with Crippen molar-refractivity contribution in [3.8, 4) is 0 Å². The molecule has 0 bridgehead atoms. The van der Waals surface area contributed by atoms with E-state index in [9.17, 15) is 13.2 Å². The van der Waals surface area contributed by atoms with Gasteiger partial charge in [-0.2, -0.15) is 0 Å². The molecule has 0 saturated heterocycles. The van der Waals surface area contributed by atoms with Crippen molar-refractivity contribution in [2.45, 2.75) is 55.2 Å². The molecule has 1 aromatic carbocycles. The summed E-state index contributed by atoms with van der Waals surface area (Å²) in [5.41, 5.74) is 0.905. The van der Waals surface area contributed by atoms with Gasteiger partial charge in [-0.25, -0.2) is 8.42 Å².